The zero-order valence-corrected chi connectivity index (χ0v) is 11.6. The number of rotatable bonds is 3. The molecule has 0 amide bonds. The topological polar surface area (TPSA) is 17.1 Å². The second kappa shape index (κ2) is 6.02. The van der Waals surface area contributed by atoms with Crippen molar-refractivity contribution in [2.45, 2.75) is 71.6 Å². The highest BCUT2D eigenvalue weighted by Crippen LogP contribution is 2.36. The second-order valence-electron chi connectivity index (χ2n) is 6.49. The molecule has 0 aromatic rings. The number of ketones is 1. The molecule has 0 bridgehead atoms. The van der Waals surface area contributed by atoms with Crippen LogP contribution in [0, 0.1) is 23.7 Å². The van der Waals surface area contributed by atoms with Crippen molar-refractivity contribution >= 4 is 5.78 Å². The van der Waals surface area contributed by atoms with Gasteiger partial charge in [-0.25, -0.2) is 0 Å². The van der Waals surface area contributed by atoms with Crippen LogP contribution in [0.5, 0.6) is 0 Å². The monoisotopic (exact) mass is 236 g/mol. The van der Waals surface area contributed by atoms with Crippen molar-refractivity contribution < 1.29 is 4.79 Å². The molecule has 1 nitrogen and oxygen atoms in total. The van der Waals surface area contributed by atoms with Gasteiger partial charge in [0.25, 0.3) is 0 Å². The Bertz CT molecular complexity index is 242. The summed E-state index contributed by atoms with van der Waals surface area (Å²) < 4.78 is 0. The molecular formula is C16H28O. The van der Waals surface area contributed by atoms with Crippen molar-refractivity contribution in [2.24, 2.45) is 23.7 Å². The van der Waals surface area contributed by atoms with Gasteiger partial charge in [-0.2, -0.15) is 0 Å². The zero-order valence-electron chi connectivity index (χ0n) is 11.6. The van der Waals surface area contributed by atoms with Gasteiger partial charge in [0.15, 0.2) is 0 Å². The van der Waals surface area contributed by atoms with Crippen LogP contribution in [-0.2, 0) is 4.79 Å². The van der Waals surface area contributed by atoms with E-state index in [1.807, 2.05) is 0 Å². The summed E-state index contributed by atoms with van der Waals surface area (Å²) in [5, 5.41) is 0. The van der Waals surface area contributed by atoms with Gasteiger partial charge in [-0.1, -0.05) is 33.1 Å². The third kappa shape index (κ3) is 3.33. The van der Waals surface area contributed by atoms with E-state index in [0.717, 1.165) is 11.8 Å². The minimum Gasteiger partial charge on any atom is -0.299 e. The Morgan fingerprint density at radius 3 is 1.82 bits per heavy atom. The van der Waals surface area contributed by atoms with E-state index in [1.165, 1.54) is 57.8 Å². The maximum atomic E-state index is 12.5. The van der Waals surface area contributed by atoms with E-state index >= 15 is 0 Å². The van der Waals surface area contributed by atoms with Gasteiger partial charge in [-0.3, -0.25) is 4.79 Å². The third-order valence-electron chi connectivity index (χ3n) is 5.24. The number of Topliss-reactive ketones (excluding diaryl/α,β-unsaturated/α-hetero) is 1. The molecule has 2 saturated carbocycles. The lowest BCUT2D eigenvalue weighted by atomic mass is 9.72. The fourth-order valence-corrected chi connectivity index (χ4v) is 3.73. The van der Waals surface area contributed by atoms with Gasteiger partial charge in [-0.05, 0) is 50.4 Å². The van der Waals surface area contributed by atoms with E-state index in [-0.39, 0.29) is 0 Å². The normalized spacial score (nSPS) is 38.9. The smallest absolute Gasteiger partial charge is 0.139 e. The Morgan fingerprint density at radius 2 is 1.35 bits per heavy atom. The van der Waals surface area contributed by atoms with Crippen LogP contribution in [0.2, 0.25) is 0 Å². The van der Waals surface area contributed by atoms with Crippen molar-refractivity contribution in [1.82, 2.24) is 0 Å². The van der Waals surface area contributed by atoms with Crippen LogP contribution in [0.1, 0.15) is 71.6 Å². The first-order valence-electron chi connectivity index (χ1n) is 7.74. The summed E-state index contributed by atoms with van der Waals surface area (Å²) in [5.41, 5.74) is 0. The molecule has 0 saturated heterocycles. The van der Waals surface area contributed by atoms with Crippen LogP contribution < -0.4 is 0 Å². The van der Waals surface area contributed by atoms with Crippen LogP contribution in [0.3, 0.4) is 0 Å². The summed E-state index contributed by atoms with van der Waals surface area (Å²) in [6.07, 6.45) is 11.2. The number of hydrogen-bond acceptors (Lipinski definition) is 1. The first-order chi connectivity index (χ1) is 8.20. The van der Waals surface area contributed by atoms with Crippen LogP contribution in [0.4, 0.5) is 0 Å². The lowest BCUT2D eigenvalue weighted by Crippen LogP contribution is -2.29. The Hall–Kier alpha value is -0.330. The molecular weight excluding hydrogens is 208 g/mol. The summed E-state index contributed by atoms with van der Waals surface area (Å²) in [7, 11) is 0. The second-order valence-corrected chi connectivity index (χ2v) is 6.49. The Balaban J connectivity index is 1.80. The summed E-state index contributed by atoms with van der Waals surface area (Å²) in [4.78, 5) is 12.5. The molecule has 2 rings (SSSR count). The van der Waals surface area contributed by atoms with Gasteiger partial charge < -0.3 is 0 Å². The Kier molecular flexibility index (Phi) is 4.64. The third-order valence-corrected chi connectivity index (χ3v) is 5.24. The zero-order chi connectivity index (χ0) is 12.3. The van der Waals surface area contributed by atoms with E-state index in [2.05, 4.69) is 13.8 Å². The lowest BCUT2D eigenvalue weighted by Gasteiger charge is -2.32. The van der Waals surface area contributed by atoms with Gasteiger partial charge in [-0.15, -0.1) is 0 Å². The van der Waals surface area contributed by atoms with E-state index in [0.29, 0.717) is 17.6 Å². The number of hydrogen-bond donors (Lipinski definition) is 0. The van der Waals surface area contributed by atoms with Gasteiger partial charge in [0.05, 0.1) is 0 Å². The molecule has 0 atom stereocenters. The number of carbonyl (C=O) groups is 1. The van der Waals surface area contributed by atoms with Crippen LogP contribution >= 0.6 is 0 Å². The molecule has 0 aromatic heterocycles. The van der Waals surface area contributed by atoms with E-state index in [9.17, 15) is 4.79 Å². The molecule has 1 heteroatoms. The van der Waals surface area contributed by atoms with E-state index < -0.39 is 0 Å². The lowest BCUT2D eigenvalue weighted by molar-refractivity contribution is -0.129. The largest absolute Gasteiger partial charge is 0.299 e. The van der Waals surface area contributed by atoms with E-state index in [1.54, 1.807) is 0 Å². The summed E-state index contributed by atoms with van der Waals surface area (Å²) >= 11 is 0. The predicted octanol–water partition coefficient (Wildman–Crippen LogP) is 4.60. The van der Waals surface area contributed by atoms with Crippen molar-refractivity contribution in [2.75, 3.05) is 0 Å². The van der Waals surface area contributed by atoms with Gasteiger partial charge in [0.1, 0.15) is 5.78 Å². The highest BCUT2D eigenvalue weighted by molar-refractivity contribution is 5.83. The first kappa shape index (κ1) is 13.1. The minimum absolute atomic E-state index is 0.425. The standard InChI is InChI=1S/C16H28O/c1-3-13-6-10-15(11-7-13)16(17)14-8-4-12(2)5-9-14/h12-15H,3-11H2,1-2H3. The molecule has 0 heterocycles. The minimum atomic E-state index is 0.425. The summed E-state index contributed by atoms with van der Waals surface area (Å²) in [6, 6.07) is 0. The van der Waals surface area contributed by atoms with Crippen LogP contribution in [-0.4, -0.2) is 5.78 Å². The molecule has 0 aliphatic heterocycles. The molecule has 0 unspecified atom stereocenters. The van der Waals surface area contributed by atoms with Crippen LogP contribution in [0.15, 0.2) is 0 Å². The Morgan fingerprint density at radius 1 is 0.882 bits per heavy atom. The highest BCUT2D eigenvalue weighted by atomic mass is 16.1. The maximum Gasteiger partial charge on any atom is 0.139 e. The van der Waals surface area contributed by atoms with Crippen LogP contribution in [0.25, 0.3) is 0 Å². The summed E-state index contributed by atoms with van der Waals surface area (Å²) in [6.45, 7) is 4.61. The Labute approximate surface area is 106 Å². The van der Waals surface area contributed by atoms with Crippen molar-refractivity contribution in [1.29, 1.82) is 0 Å². The molecule has 17 heavy (non-hydrogen) atoms. The predicted molar refractivity (Wildman–Crippen MR) is 71.9 cm³/mol. The fraction of sp³-hybridized carbons (Fsp3) is 0.938. The maximum absolute atomic E-state index is 12.5. The van der Waals surface area contributed by atoms with E-state index in [4.69, 9.17) is 0 Å². The molecule has 2 aliphatic rings. The molecule has 2 fully saturated rings. The average molecular weight is 236 g/mol. The van der Waals surface area contributed by atoms with Gasteiger partial charge in [0, 0.05) is 11.8 Å². The van der Waals surface area contributed by atoms with Crippen molar-refractivity contribution in [3.05, 3.63) is 0 Å². The average Bonchev–Trinajstić information content (AvgIpc) is 2.39. The molecule has 0 radical (unpaired) electrons. The SMILES string of the molecule is CCC1CCC(C(=O)C2CCC(C)CC2)CC1. The molecule has 98 valence electrons. The van der Waals surface area contributed by atoms with Gasteiger partial charge in [0.2, 0.25) is 0 Å². The van der Waals surface area contributed by atoms with Crippen molar-refractivity contribution in [3.63, 3.8) is 0 Å². The van der Waals surface area contributed by atoms with Gasteiger partial charge >= 0.3 is 0 Å². The number of carbonyl (C=O) groups excluding carboxylic acids is 1. The highest BCUT2D eigenvalue weighted by Gasteiger charge is 2.32. The molecule has 0 spiro atoms. The van der Waals surface area contributed by atoms with Crippen molar-refractivity contribution in [3.8, 4) is 0 Å². The first-order valence-corrected chi connectivity index (χ1v) is 7.74. The quantitative estimate of drug-likeness (QED) is 0.700. The molecule has 2 aliphatic carbocycles. The summed E-state index contributed by atoms with van der Waals surface area (Å²) in [5.74, 6) is 3.25. The molecule has 0 aromatic carbocycles. The molecule has 0 N–H and O–H groups in total. The fourth-order valence-electron chi connectivity index (χ4n) is 3.73.